The molecule has 1 amide bonds. The third kappa shape index (κ3) is 6.04. The average molecular weight is 295 g/mol. The van der Waals surface area contributed by atoms with Crippen molar-refractivity contribution in [3.63, 3.8) is 0 Å². The molecule has 1 aromatic rings. The van der Waals surface area contributed by atoms with Gasteiger partial charge in [-0.05, 0) is 37.0 Å². The zero-order valence-electron chi connectivity index (χ0n) is 13.2. The van der Waals surface area contributed by atoms with E-state index < -0.39 is 6.10 Å². The summed E-state index contributed by atoms with van der Waals surface area (Å²) in [5.41, 5.74) is 0.802. The van der Waals surface area contributed by atoms with Crippen LogP contribution in [0, 0.1) is 5.92 Å². The molecule has 5 heteroatoms. The van der Waals surface area contributed by atoms with Crippen molar-refractivity contribution in [2.45, 2.75) is 39.8 Å². The van der Waals surface area contributed by atoms with Gasteiger partial charge in [-0.1, -0.05) is 19.9 Å². The molecule has 1 atom stereocenters. The summed E-state index contributed by atoms with van der Waals surface area (Å²) in [6, 6.07) is 5.03. The smallest absolute Gasteiger partial charge is 0.249 e. The second kappa shape index (κ2) is 8.52. The van der Waals surface area contributed by atoms with Crippen molar-refractivity contribution >= 4 is 5.91 Å². The number of aromatic hydroxyl groups is 1. The molecular weight excluding hydrogens is 270 g/mol. The molecule has 1 aromatic carbocycles. The lowest BCUT2D eigenvalue weighted by Gasteiger charge is -2.14. The Morgan fingerprint density at radius 3 is 2.62 bits per heavy atom. The first-order valence-electron chi connectivity index (χ1n) is 7.19. The van der Waals surface area contributed by atoms with Gasteiger partial charge in [0.15, 0.2) is 11.5 Å². The molecule has 0 radical (unpaired) electrons. The van der Waals surface area contributed by atoms with Crippen molar-refractivity contribution in [1.29, 1.82) is 0 Å². The Morgan fingerprint density at radius 2 is 2.05 bits per heavy atom. The molecule has 0 spiro atoms. The molecule has 0 aliphatic rings. The standard InChI is InChI=1S/C16H25NO4/c1-11(2)7-8-21-12(3)16(19)17-10-13-5-6-15(20-4)14(18)9-13/h5-6,9,11-12,18H,7-8,10H2,1-4H3,(H,17,19). The third-order valence-electron chi connectivity index (χ3n) is 3.14. The number of hydrogen-bond donors (Lipinski definition) is 2. The molecule has 0 bridgehead atoms. The zero-order chi connectivity index (χ0) is 15.8. The van der Waals surface area contributed by atoms with E-state index >= 15 is 0 Å². The molecule has 0 fully saturated rings. The van der Waals surface area contributed by atoms with Gasteiger partial charge in [0.25, 0.3) is 0 Å². The van der Waals surface area contributed by atoms with Crippen LogP contribution in [0.3, 0.4) is 0 Å². The van der Waals surface area contributed by atoms with Gasteiger partial charge < -0.3 is 19.9 Å². The van der Waals surface area contributed by atoms with E-state index in [0.29, 0.717) is 24.8 Å². The fraction of sp³-hybridized carbons (Fsp3) is 0.562. The highest BCUT2D eigenvalue weighted by Gasteiger charge is 2.13. The molecule has 118 valence electrons. The molecule has 0 aliphatic heterocycles. The molecule has 1 rings (SSSR count). The molecule has 2 N–H and O–H groups in total. The number of carbonyl (C=O) groups excluding carboxylic acids is 1. The average Bonchev–Trinajstić information content (AvgIpc) is 2.44. The number of carbonyl (C=O) groups is 1. The van der Waals surface area contributed by atoms with Crippen LogP contribution in [0.5, 0.6) is 11.5 Å². The minimum absolute atomic E-state index is 0.0606. The lowest BCUT2D eigenvalue weighted by molar-refractivity contribution is -0.132. The van der Waals surface area contributed by atoms with Crippen LogP contribution in [0.25, 0.3) is 0 Å². The summed E-state index contributed by atoms with van der Waals surface area (Å²) in [7, 11) is 1.49. The molecular formula is C16H25NO4. The Bertz CT molecular complexity index is 460. The Kier molecular flexibility index (Phi) is 7.02. The summed E-state index contributed by atoms with van der Waals surface area (Å²) in [5, 5.41) is 12.5. The maximum Gasteiger partial charge on any atom is 0.249 e. The van der Waals surface area contributed by atoms with Crippen molar-refractivity contribution in [3.8, 4) is 11.5 Å². The van der Waals surface area contributed by atoms with E-state index in [4.69, 9.17) is 9.47 Å². The lowest BCUT2D eigenvalue weighted by Crippen LogP contribution is -2.34. The van der Waals surface area contributed by atoms with Gasteiger partial charge in [-0.2, -0.15) is 0 Å². The number of phenols is 1. The van der Waals surface area contributed by atoms with Crippen LogP contribution >= 0.6 is 0 Å². The van der Waals surface area contributed by atoms with E-state index in [0.717, 1.165) is 12.0 Å². The number of ether oxygens (including phenoxy) is 2. The third-order valence-corrected chi connectivity index (χ3v) is 3.14. The van der Waals surface area contributed by atoms with Crippen LogP contribution in [0.15, 0.2) is 18.2 Å². The number of nitrogens with one attached hydrogen (secondary N) is 1. The van der Waals surface area contributed by atoms with Crippen LogP contribution in [-0.4, -0.2) is 30.8 Å². The summed E-state index contributed by atoms with van der Waals surface area (Å²) >= 11 is 0. The highest BCUT2D eigenvalue weighted by molar-refractivity contribution is 5.80. The summed E-state index contributed by atoms with van der Waals surface area (Å²) in [6.07, 6.45) is 0.458. The Labute approximate surface area is 126 Å². The van der Waals surface area contributed by atoms with Crippen molar-refractivity contribution in [1.82, 2.24) is 5.32 Å². The molecule has 0 saturated heterocycles. The van der Waals surface area contributed by atoms with Crippen molar-refractivity contribution in [2.24, 2.45) is 5.92 Å². The number of amides is 1. The minimum Gasteiger partial charge on any atom is -0.504 e. The molecule has 0 aliphatic carbocycles. The molecule has 5 nitrogen and oxygen atoms in total. The van der Waals surface area contributed by atoms with Crippen LogP contribution in [0.4, 0.5) is 0 Å². The van der Waals surface area contributed by atoms with Crippen LogP contribution in [0.2, 0.25) is 0 Å². The Balaban J connectivity index is 2.40. The Hall–Kier alpha value is -1.75. The van der Waals surface area contributed by atoms with E-state index in [1.807, 2.05) is 0 Å². The largest absolute Gasteiger partial charge is 0.504 e. The first-order valence-corrected chi connectivity index (χ1v) is 7.19. The van der Waals surface area contributed by atoms with Gasteiger partial charge in [-0.15, -0.1) is 0 Å². The van der Waals surface area contributed by atoms with Crippen molar-refractivity contribution in [2.75, 3.05) is 13.7 Å². The summed E-state index contributed by atoms with van der Waals surface area (Å²) in [5.74, 6) is 0.873. The van der Waals surface area contributed by atoms with Crippen LogP contribution in [0.1, 0.15) is 32.8 Å². The van der Waals surface area contributed by atoms with Crippen LogP contribution in [-0.2, 0) is 16.1 Å². The van der Waals surface area contributed by atoms with E-state index in [2.05, 4.69) is 19.2 Å². The van der Waals surface area contributed by atoms with Gasteiger partial charge in [0, 0.05) is 13.2 Å². The molecule has 0 aromatic heterocycles. The monoisotopic (exact) mass is 295 g/mol. The first-order chi connectivity index (χ1) is 9.93. The number of rotatable bonds is 8. The van der Waals surface area contributed by atoms with Gasteiger partial charge in [0.1, 0.15) is 6.10 Å². The van der Waals surface area contributed by atoms with Gasteiger partial charge in [0.05, 0.1) is 7.11 Å². The number of methoxy groups -OCH3 is 1. The Morgan fingerprint density at radius 1 is 1.33 bits per heavy atom. The van der Waals surface area contributed by atoms with Gasteiger partial charge in [-0.3, -0.25) is 4.79 Å². The van der Waals surface area contributed by atoms with E-state index in [-0.39, 0.29) is 11.7 Å². The van der Waals surface area contributed by atoms with Crippen LogP contribution < -0.4 is 10.1 Å². The summed E-state index contributed by atoms with van der Waals surface area (Å²) in [6.45, 7) is 6.89. The summed E-state index contributed by atoms with van der Waals surface area (Å²) in [4.78, 5) is 11.9. The van der Waals surface area contributed by atoms with E-state index in [1.54, 1.807) is 25.1 Å². The number of hydrogen-bond acceptors (Lipinski definition) is 4. The molecule has 21 heavy (non-hydrogen) atoms. The van der Waals surface area contributed by atoms with Crippen molar-refractivity contribution < 1.29 is 19.4 Å². The second-order valence-electron chi connectivity index (χ2n) is 5.42. The molecule has 1 unspecified atom stereocenters. The highest BCUT2D eigenvalue weighted by Crippen LogP contribution is 2.26. The quantitative estimate of drug-likeness (QED) is 0.773. The van der Waals surface area contributed by atoms with Gasteiger partial charge >= 0.3 is 0 Å². The SMILES string of the molecule is COc1ccc(CNC(=O)C(C)OCCC(C)C)cc1O. The van der Waals surface area contributed by atoms with Gasteiger partial charge in [-0.25, -0.2) is 0 Å². The minimum atomic E-state index is -0.476. The highest BCUT2D eigenvalue weighted by atomic mass is 16.5. The maximum atomic E-state index is 11.9. The van der Waals surface area contributed by atoms with E-state index in [9.17, 15) is 9.90 Å². The fourth-order valence-corrected chi connectivity index (χ4v) is 1.73. The summed E-state index contributed by atoms with van der Waals surface area (Å²) < 4.78 is 10.5. The van der Waals surface area contributed by atoms with Crippen molar-refractivity contribution in [3.05, 3.63) is 23.8 Å². The molecule has 0 heterocycles. The first kappa shape index (κ1) is 17.3. The predicted molar refractivity (Wildman–Crippen MR) is 81.4 cm³/mol. The fourth-order valence-electron chi connectivity index (χ4n) is 1.73. The van der Waals surface area contributed by atoms with Gasteiger partial charge in [0.2, 0.25) is 5.91 Å². The number of phenolic OH excluding ortho intramolecular Hbond substituents is 1. The normalized spacial score (nSPS) is 12.2. The molecule has 0 saturated carbocycles. The second-order valence-corrected chi connectivity index (χ2v) is 5.42. The number of benzene rings is 1. The van der Waals surface area contributed by atoms with E-state index in [1.165, 1.54) is 7.11 Å². The predicted octanol–water partition coefficient (Wildman–Crippen LogP) is 2.47. The lowest BCUT2D eigenvalue weighted by atomic mass is 10.1. The topological polar surface area (TPSA) is 67.8 Å². The zero-order valence-corrected chi connectivity index (χ0v) is 13.2. The maximum absolute atomic E-state index is 11.9.